The van der Waals surface area contributed by atoms with Crippen LogP contribution in [0.4, 0.5) is 0 Å². The molecule has 1 aliphatic rings. The van der Waals surface area contributed by atoms with Crippen molar-refractivity contribution in [1.29, 1.82) is 5.26 Å². The number of ether oxygens (including phenoxy) is 3. The van der Waals surface area contributed by atoms with Crippen molar-refractivity contribution < 1.29 is 19.0 Å². The van der Waals surface area contributed by atoms with E-state index < -0.39 is 5.41 Å². The Labute approximate surface area is 121 Å². The molecule has 0 heterocycles. The van der Waals surface area contributed by atoms with Crippen LogP contribution in [-0.4, -0.2) is 45.9 Å². The molecule has 0 saturated heterocycles. The van der Waals surface area contributed by atoms with Gasteiger partial charge in [0.05, 0.1) is 32.5 Å². The van der Waals surface area contributed by atoms with E-state index in [0.717, 1.165) is 6.42 Å². The Bertz CT molecular complexity index is 361. The number of nitrogens with zero attached hydrogens (tertiary/aromatic N) is 1. The summed E-state index contributed by atoms with van der Waals surface area (Å²) in [5.41, 5.74) is -1.22. The molecule has 0 spiro atoms. The number of nitriles is 1. The minimum absolute atomic E-state index is 0.0624. The van der Waals surface area contributed by atoms with Crippen molar-refractivity contribution in [2.45, 2.75) is 33.1 Å². The fraction of sp³-hybridized carbons (Fsp3) is 0.867. The van der Waals surface area contributed by atoms with Gasteiger partial charge in [0.2, 0.25) is 0 Å². The Kier molecular flexibility index (Phi) is 6.60. The number of hydrogen-bond acceptors (Lipinski definition) is 5. The number of methoxy groups -OCH3 is 1. The second kappa shape index (κ2) is 7.72. The molecule has 5 nitrogen and oxygen atoms in total. The molecule has 1 unspecified atom stereocenters. The summed E-state index contributed by atoms with van der Waals surface area (Å²) < 4.78 is 15.6. The van der Waals surface area contributed by atoms with Crippen molar-refractivity contribution in [2.24, 2.45) is 10.8 Å². The number of ketones is 1. The fourth-order valence-electron chi connectivity index (χ4n) is 2.51. The maximum Gasteiger partial charge on any atom is 0.158 e. The molecule has 0 aromatic heterocycles. The molecule has 0 radical (unpaired) electrons. The number of carbonyl (C=O) groups excluding carboxylic acids is 1. The first-order valence-electron chi connectivity index (χ1n) is 7.09. The Hall–Kier alpha value is -0.960. The lowest BCUT2D eigenvalue weighted by molar-refractivity contribution is -0.130. The molecule has 114 valence electrons. The second-order valence-electron chi connectivity index (χ2n) is 5.87. The maximum absolute atomic E-state index is 12.3. The van der Waals surface area contributed by atoms with Crippen LogP contribution in [0.1, 0.15) is 33.1 Å². The van der Waals surface area contributed by atoms with E-state index in [1.807, 2.05) is 13.8 Å². The largest absolute Gasteiger partial charge is 0.382 e. The third kappa shape index (κ3) is 4.27. The molecule has 20 heavy (non-hydrogen) atoms. The van der Waals surface area contributed by atoms with Crippen LogP contribution < -0.4 is 0 Å². The van der Waals surface area contributed by atoms with Crippen LogP contribution in [0, 0.1) is 22.2 Å². The van der Waals surface area contributed by atoms with E-state index in [1.54, 1.807) is 7.11 Å². The Morgan fingerprint density at radius 2 is 1.70 bits per heavy atom. The summed E-state index contributed by atoms with van der Waals surface area (Å²) in [6, 6.07) is 2.22. The van der Waals surface area contributed by atoms with E-state index in [4.69, 9.17) is 14.2 Å². The maximum atomic E-state index is 12.3. The predicted molar refractivity (Wildman–Crippen MR) is 74.2 cm³/mol. The minimum atomic E-state index is -0.847. The van der Waals surface area contributed by atoms with E-state index in [9.17, 15) is 10.1 Å². The van der Waals surface area contributed by atoms with Gasteiger partial charge in [0.15, 0.2) is 5.78 Å². The normalized spacial score (nSPS) is 24.8. The predicted octanol–water partition coefficient (Wildman–Crippen LogP) is 1.96. The van der Waals surface area contributed by atoms with Crippen LogP contribution >= 0.6 is 0 Å². The number of carbonyl (C=O) groups is 1. The highest BCUT2D eigenvalue weighted by Crippen LogP contribution is 2.47. The van der Waals surface area contributed by atoms with Gasteiger partial charge in [0.25, 0.3) is 0 Å². The number of Topliss-reactive ketones (excluding diaryl/α,β-unsaturated/α-hetero) is 1. The lowest BCUT2D eigenvalue weighted by Crippen LogP contribution is -2.32. The SMILES string of the molecule is COCCOCCOCCC1(C#N)CCC(C)(C)C1=O. The van der Waals surface area contributed by atoms with E-state index in [2.05, 4.69) is 6.07 Å². The molecule has 1 aliphatic carbocycles. The topological polar surface area (TPSA) is 68.6 Å². The molecular formula is C15H25NO4. The van der Waals surface area contributed by atoms with Gasteiger partial charge in [-0.3, -0.25) is 4.79 Å². The van der Waals surface area contributed by atoms with Gasteiger partial charge in [-0.25, -0.2) is 0 Å². The number of rotatable bonds is 9. The molecule has 1 rings (SSSR count). The smallest absolute Gasteiger partial charge is 0.158 e. The molecule has 0 amide bonds. The lowest BCUT2D eigenvalue weighted by Gasteiger charge is -2.22. The molecule has 0 bridgehead atoms. The number of hydrogen-bond donors (Lipinski definition) is 0. The van der Waals surface area contributed by atoms with Gasteiger partial charge < -0.3 is 14.2 Å². The Balaban J connectivity index is 2.24. The van der Waals surface area contributed by atoms with Crippen LogP contribution in [0.5, 0.6) is 0 Å². The fourth-order valence-corrected chi connectivity index (χ4v) is 2.51. The molecular weight excluding hydrogens is 258 g/mol. The van der Waals surface area contributed by atoms with Crippen molar-refractivity contribution in [3.63, 3.8) is 0 Å². The van der Waals surface area contributed by atoms with Gasteiger partial charge in [-0.1, -0.05) is 13.8 Å². The highest BCUT2D eigenvalue weighted by molar-refractivity contribution is 5.94. The summed E-state index contributed by atoms with van der Waals surface area (Å²) >= 11 is 0. The first-order valence-corrected chi connectivity index (χ1v) is 7.09. The van der Waals surface area contributed by atoms with Gasteiger partial charge in [0, 0.05) is 19.1 Å². The van der Waals surface area contributed by atoms with E-state index in [1.165, 1.54) is 0 Å². The standard InChI is InChI=1S/C15H25NO4/c1-14(2)4-5-15(12-16,13(14)17)6-7-19-10-11-20-9-8-18-3/h4-11H2,1-3H3. The minimum Gasteiger partial charge on any atom is -0.382 e. The average Bonchev–Trinajstić information content (AvgIpc) is 2.66. The quantitative estimate of drug-likeness (QED) is 0.605. The van der Waals surface area contributed by atoms with Gasteiger partial charge in [-0.05, 0) is 19.3 Å². The van der Waals surface area contributed by atoms with Gasteiger partial charge in [-0.15, -0.1) is 0 Å². The summed E-state index contributed by atoms with van der Waals surface area (Å²) in [6.07, 6.45) is 1.90. The van der Waals surface area contributed by atoms with Crippen LogP contribution in [0.2, 0.25) is 0 Å². The van der Waals surface area contributed by atoms with Crippen molar-refractivity contribution in [3.8, 4) is 6.07 Å². The summed E-state index contributed by atoms with van der Waals surface area (Å²) in [5.74, 6) is 0.0624. The van der Waals surface area contributed by atoms with Gasteiger partial charge in [0.1, 0.15) is 5.41 Å². The monoisotopic (exact) mass is 283 g/mol. The Morgan fingerprint density at radius 3 is 2.20 bits per heavy atom. The highest BCUT2D eigenvalue weighted by Gasteiger charge is 2.51. The van der Waals surface area contributed by atoms with Gasteiger partial charge in [-0.2, -0.15) is 5.26 Å². The molecule has 1 fully saturated rings. The Morgan fingerprint density at radius 1 is 1.10 bits per heavy atom. The third-order valence-electron chi connectivity index (χ3n) is 3.92. The van der Waals surface area contributed by atoms with Crippen LogP contribution in [0.15, 0.2) is 0 Å². The summed E-state index contributed by atoms with van der Waals surface area (Å²) in [5, 5.41) is 9.35. The summed E-state index contributed by atoms with van der Waals surface area (Å²) in [4.78, 5) is 12.3. The van der Waals surface area contributed by atoms with Crippen molar-refractivity contribution in [2.75, 3.05) is 40.1 Å². The third-order valence-corrected chi connectivity index (χ3v) is 3.92. The zero-order valence-corrected chi connectivity index (χ0v) is 12.7. The lowest BCUT2D eigenvalue weighted by atomic mass is 9.79. The van der Waals surface area contributed by atoms with Crippen molar-refractivity contribution in [3.05, 3.63) is 0 Å². The van der Waals surface area contributed by atoms with Gasteiger partial charge >= 0.3 is 0 Å². The molecule has 5 heteroatoms. The van der Waals surface area contributed by atoms with Crippen LogP contribution in [0.3, 0.4) is 0 Å². The summed E-state index contributed by atoms with van der Waals surface area (Å²) in [6.45, 7) is 6.35. The van der Waals surface area contributed by atoms with E-state index >= 15 is 0 Å². The van der Waals surface area contributed by atoms with E-state index in [-0.39, 0.29) is 11.2 Å². The zero-order valence-electron chi connectivity index (χ0n) is 12.7. The summed E-state index contributed by atoms with van der Waals surface area (Å²) in [7, 11) is 1.63. The molecule has 1 saturated carbocycles. The van der Waals surface area contributed by atoms with Crippen molar-refractivity contribution in [1.82, 2.24) is 0 Å². The zero-order chi connectivity index (χ0) is 15.1. The second-order valence-corrected chi connectivity index (χ2v) is 5.87. The van der Waals surface area contributed by atoms with E-state index in [0.29, 0.717) is 45.9 Å². The van der Waals surface area contributed by atoms with Crippen LogP contribution in [-0.2, 0) is 19.0 Å². The van der Waals surface area contributed by atoms with Crippen LogP contribution in [0.25, 0.3) is 0 Å². The first kappa shape index (κ1) is 17.1. The molecule has 0 N–H and O–H groups in total. The molecule has 0 aromatic carbocycles. The van der Waals surface area contributed by atoms with Crippen molar-refractivity contribution >= 4 is 5.78 Å². The highest BCUT2D eigenvalue weighted by atomic mass is 16.5. The molecule has 1 atom stereocenters. The molecule has 0 aliphatic heterocycles. The molecule has 0 aromatic rings. The average molecular weight is 283 g/mol. The first-order chi connectivity index (χ1) is 9.48.